The van der Waals surface area contributed by atoms with Crippen molar-refractivity contribution >= 4 is 29.3 Å². The van der Waals surface area contributed by atoms with Crippen LogP contribution in [0.1, 0.15) is 17.5 Å². The first-order chi connectivity index (χ1) is 12.6. The number of carbonyl (C=O) groups is 1. The molecule has 3 rings (SSSR count). The van der Waals surface area contributed by atoms with Gasteiger partial charge in [-0.2, -0.15) is 0 Å². The molecule has 0 bridgehead atoms. The highest BCUT2D eigenvalue weighted by molar-refractivity contribution is 7.99. The fourth-order valence-corrected chi connectivity index (χ4v) is 3.25. The minimum atomic E-state index is -0.0453. The monoisotopic (exact) mass is 387 g/mol. The van der Waals surface area contributed by atoms with Gasteiger partial charge in [0.25, 0.3) is 5.22 Å². The summed E-state index contributed by atoms with van der Waals surface area (Å²) in [4.78, 5) is 12.0. The van der Waals surface area contributed by atoms with Crippen molar-refractivity contribution in [2.45, 2.75) is 25.1 Å². The van der Waals surface area contributed by atoms with Crippen LogP contribution in [0.4, 0.5) is 0 Å². The van der Waals surface area contributed by atoms with Crippen molar-refractivity contribution in [2.75, 3.05) is 5.75 Å². The molecule has 0 saturated heterocycles. The van der Waals surface area contributed by atoms with Crippen molar-refractivity contribution in [3.8, 4) is 11.5 Å². The number of carbonyl (C=O) groups excluding carboxylic acids is 1. The summed E-state index contributed by atoms with van der Waals surface area (Å²) in [6.07, 6.45) is 0.358. The van der Waals surface area contributed by atoms with Crippen molar-refractivity contribution in [1.29, 1.82) is 0 Å². The minimum Gasteiger partial charge on any atom is -0.411 e. The third-order valence-corrected chi connectivity index (χ3v) is 4.96. The summed E-state index contributed by atoms with van der Waals surface area (Å²) in [5.74, 6) is 1.01. The molecule has 0 spiro atoms. The van der Waals surface area contributed by atoms with E-state index in [1.54, 1.807) is 6.07 Å². The van der Waals surface area contributed by atoms with Crippen LogP contribution in [0.25, 0.3) is 11.5 Å². The van der Waals surface area contributed by atoms with Crippen LogP contribution in [0.5, 0.6) is 0 Å². The van der Waals surface area contributed by atoms with Gasteiger partial charge in [0.05, 0.1) is 0 Å². The van der Waals surface area contributed by atoms with Crippen LogP contribution < -0.4 is 5.32 Å². The summed E-state index contributed by atoms with van der Waals surface area (Å²) in [6.45, 7) is 2.41. The van der Waals surface area contributed by atoms with Crippen molar-refractivity contribution < 1.29 is 9.21 Å². The fourth-order valence-electron chi connectivity index (χ4n) is 2.34. The molecule has 0 unspecified atom stereocenters. The number of rotatable bonds is 7. The molecule has 1 amide bonds. The smallest absolute Gasteiger partial charge is 0.276 e. The summed E-state index contributed by atoms with van der Waals surface area (Å²) in [5, 5.41) is 12.1. The van der Waals surface area contributed by atoms with Gasteiger partial charge >= 0.3 is 0 Å². The molecule has 0 atom stereocenters. The molecule has 2 aromatic carbocycles. The largest absolute Gasteiger partial charge is 0.411 e. The third-order valence-electron chi connectivity index (χ3n) is 3.77. The SMILES string of the molecule is Cc1ccccc1-c1nnc(SCCC(=O)NCc2ccccc2Cl)o1. The summed E-state index contributed by atoms with van der Waals surface area (Å²) in [7, 11) is 0. The Bertz CT molecular complexity index is 898. The number of aryl methyl sites for hydroxylation is 1. The lowest BCUT2D eigenvalue weighted by Gasteiger charge is -2.06. The molecule has 0 aliphatic rings. The van der Waals surface area contributed by atoms with E-state index in [9.17, 15) is 4.79 Å². The van der Waals surface area contributed by atoms with Crippen molar-refractivity contribution in [3.05, 3.63) is 64.7 Å². The first kappa shape index (κ1) is 18.5. The minimum absolute atomic E-state index is 0.0453. The van der Waals surface area contributed by atoms with E-state index in [1.807, 2.05) is 49.4 Å². The van der Waals surface area contributed by atoms with E-state index in [0.717, 1.165) is 16.7 Å². The van der Waals surface area contributed by atoms with Gasteiger partial charge in [0.15, 0.2) is 0 Å². The lowest BCUT2D eigenvalue weighted by Crippen LogP contribution is -2.23. The van der Waals surface area contributed by atoms with Gasteiger partial charge in [0.2, 0.25) is 11.8 Å². The van der Waals surface area contributed by atoms with Gasteiger partial charge in [-0.25, -0.2) is 0 Å². The van der Waals surface area contributed by atoms with Gasteiger partial charge < -0.3 is 9.73 Å². The third kappa shape index (κ3) is 4.86. The van der Waals surface area contributed by atoms with Crippen molar-refractivity contribution in [2.24, 2.45) is 0 Å². The Morgan fingerprint density at radius 1 is 1.15 bits per heavy atom. The quantitative estimate of drug-likeness (QED) is 0.604. The molecule has 1 N–H and O–H groups in total. The van der Waals surface area contributed by atoms with Crippen molar-refractivity contribution in [3.63, 3.8) is 0 Å². The predicted molar refractivity (Wildman–Crippen MR) is 103 cm³/mol. The molecule has 0 aliphatic carbocycles. The predicted octanol–water partition coefficient (Wildman–Crippen LogP) is 4.50. The Kier molecular flexibility index (Phi) is 6.30. The highest BCUT2D eigenvalue weighted by Crippen LogP contribution is 2.25. The second-order valence-electron chi connectivity index (χ2n) is 5.65. The van der Waals surface area contributed by atoms with Gasteiger partial charge in [-0.1, -0.05) is 59.8 Å². The maximum atomic E-state index is 12.0. The Balaban J connectivity index is 1.46. The average molecular weight is 388 g/mol. The highest BCUT2D eigenvalue weighted by Gasteiger charge is 2.11. The summed E-state index contributed by atoms with van der Waals surface area (Å²) in [6, 6.07) is 15.3. The molecule has 0 aliphatic heterocycles. The lowest BCUT2D eigenvalue weighted by molar-refractivity contribution is -0.120. The van der Waals surface area contributed by atoms with Crippen LogP contribution in [0.3, 0.4) is 0 Å². The van der Waals surface area contributed by atoms with E-state index >= 15 is 0 Å². The van der Waals surface area contributed by atoms with Crippen LogP contribution in [0.2, 0.25) is 5.02 Å². The number of amides is 1. The molecule has 0 radical (unpaired) electrons. The Morgan fingerprint density at radius 2 is 1.92 bits per heavy atom. The van der Waals surface area contributed by atoms with Crippen molar-refractivity contribution in [1.82, 2.24) is 15.5 Å². The summed E-state index contributed by atoms with van der Waals surface area (Å²) >= 11 is 7.44. The summed E-state index contributed by atoms with van der Waals surface area (Å²) in [5.41, 5.74) is 2.89. The second-order valence-corrected chi connectivity index (χ2v) is 7.11. The number of nitrogens with one attached hydrogen (secondary N) is 1. The van der Waals surface area contributed by atoms with Gasteiger partial charge in [0, 0.05) is 29.3 Å². The highest BCUT2D eigenvalue weighted by atomic mass is 35.5. The molecule has 0 fully saturated rings. The fraction of sp³-hybridized carbons (Fsp3) is 0.211. The first-order valence-corrected chi connectivity index (χ1v) is 9.52. The average Bonchev–Trinajstić information content (AvgIpc) is 3.10. The molecule has 1 aromatic heterocycles. The maximum absolute atomic E-state index is 12.0. The Morgan fingerprint density at radius 3 is 2.73 bits per heavy atom. The van der Waals surface area contributed by atoms with Crippen LogP contribution in [0, 0.1) is 6.92 Å². The van der Waals surface area contributed by atoms with Gasteiger partial charge in [-0.15, -0.1) is 10.2 Å². The molecule has 26 heavy (non-hydrogen) atoms. The zero-order valence-electron chi connectivity index (χ0n) is 14.2. The Hall–Kier alpha value is -2.31. The van der Waals surface area contributed by atoms with Crippen LogP contribution in [-0.2, 0) is 11.3 Å². The summed E-state index contributed by atoms with van der Waals surface area (Å²) < 4.78 is 5.67. The molecular weight excluding hydrogens is 370 g/mol. The molecule has 0 saturated carbocycles. The van der Waals surface area contributed by atoms with E-state index in [1.165, 1.54) is 11.8 Å². The molecule has 3 aromatic rings. The van der Waals surface area contributed by atoms with Gasteiger partial charge in [0.1, 0.15) is 0 Å². The lowest BCUT2D eigenvalue weighted by atomic mass is 10.1. The number of benzene rings is 2. The molecule has 5 nitrogen and oxygen atoms in total. The standard InChI is InChI=1S/C19H18ClN3O2S/c1-13-6-2-4-8-15(13)18-22-23-19(25-18)26-11-10-17(24)21-12-14-7-3-5-9-16(14)20/h2-9H,10-12H2,1H3,(H,21,24). The van der Waals surface area contributed by atoms with Crippen LogP contribution in [0.15, 0.2) is 58.2 Å². The zero-order valence-corrected chi connectivity index (χ0v) is 15.8. The number of hydrogen-bond acceptors (Lipinski definition) is 5. The van der Waals surface area contributed by atoms with E-state index in [2.05, 4.69) is 15.5 Å². The zero-order chi connectivity index (χ0) is 18.4. The number of nitrogens with zero attached hydrogens (tertiary/aromatic N) is 2. The number of halogens is 1. The molecule has 7 heteroatoms. The molecular formula is C19H18ClN3O2S. The number of thioether (sulfide) groups is 1. The topological polar surface area (TPSA) is 68.0 Å². The van der Waals surface area contributed by atoms with E-state index in [0.29, 0.717) is 34.9 Å². The molecule has 1 heterocycles. The second kappa shape index (κ2) is 8.87. The normalized spacial score (nSPS) is 10.7. The number of aromatic nitrogens is 2. The van der Waals surface area contributed by atoms with E-state index in [-0.39, 0.29) is 5.91 Å². The Labute approximate surface area is 161 Å². The van der Waals surface area contributed by atoms with E-state index in [4.69, 9.17) is 16.0 Å². The molecule has 134 valence electrons. The van der Waals surface area contributed by atoms with Crippen LogP contribution >= 0.6 is 23.4 Å². The number of hydrogen-bond donors (Lipinski definition) is 1. The van der Waals surface area contributed by atoms with Crippen LogP contribution in [-0.4, -0.2) is 21.9 Å². The van der Waals surface area contributed by atoms with Gasteiger partial charge in [-0.3, -0.25) is 4.79 Å². The van der Waals surface area contributed by atoms with E-state index < -0.39 is 0 Å². The van der Waals surface area contributed by atoms with Gasteiger partial charge in [-0.05, 0) is 30.2 Å². The first-order valence-electron chi connectivity index (χ1n) is 8.16. The maximum Gasteiger partial charge on any atom is 0.276 e.